The van der Waals surface area contributed by atoms with Crippen LogP contribution in [-0.2, 0) is 4.74 Å². The molecule has 0 aliphatic rings. The molecule has 0 saturated heterocycles. The van der Waals surface area contributed by atoms with Gasteiger partial charge < -0.3 is 20.9 Å². The molecule has 0 fully saturated rings. The van der Waals surface area contributed by atoms with Crippen molar-refractivity contribution in [1.82, 2.24) is 4.98 Å². The highest BCUT2D eigenvalue weighted by Crippen LogP contribution is 2.17. The van der Waals surface area contributed by atoms with Crippen molar-refractivity contribution in [3.63, 3.8) is 0 Å². The minimum atomic E-state index is 0.0200. The van der Waals surface area contributed by atoms with Crippen molar-refractivity contribution in [3.05, 3.63) is 17.8 Å². The Hall–Kier alpha value is -1.33. The van der Waals surface area contributed by atoms with Crippen LogP contribution in [0.25, 0.3) is 0 Å². The van der Waals surface area contributed by atoms with Crippen LogP contribution in [-0.4, -0.2) is 36.5 Å². The first-order valence-electron chi connectivity index (χ1n) is 5.26. The number of pyridine rings is 1. The molecule has 16 heavy (non-hydrogen) atoms. The smallest absolute Gasteiger partial charge is 0.149 e. The van der Waals surface area contributed by atoms with Crippen LogP contribution in [0.4, 0.5) is 11.5 Å². The Morgan fingerprint density at radius 3 is 2.94 bits per heavy atom. The topological polar surface area (TPSA) is 80.4 Å². The molecule has 1 aromatic heterocycles. The quantitative estimate of drug-likeness (QED) is 0.666. The number of methoxy groups -OCH3 is 1. The molecule has 0 aliphatic carbocycles. The van der Waals surface area contributed by atoms with Gasteiger partial charge in [-0.25, -0.2) is 4.98 Å². The molecule has 1 unspecified atom stereocenters. The predicted octanol–water partition coefficient (Wildman–Crippen LogP) is 0.782. The van der Waals surface area contributed by atoms with Crippen LogP contribution in [0.3, 0.4) is 0 Å². The number of aliphatic hydroxyl groups is 1. The molecule has 0 aromatic carbocycles. The van der Waals surface area contributed by atoms with Gasteiger partial charge in [0.15, 0.2) is 0 Å². The van der Waals surface area contributed by atoms with Gasteiger partial charge in [-0.05, 0) is 25.5 Å². The summed E-state index contributed by atoms with van der Waals surface area (Å²) in [5.41, 5.74) is 7.30. The molecule has 0 bridgehead atoms. The number of anilines is 2. The molecule has 0 amide bonds. The monoisotopic (exact) mass is 225 g/mol. The average Bonchev–Trinajstić information content (AvgIpc) is 2.24. The Balaban J connectivity index is 2.71. The Kier molecular flexibility index (Phi) is 5.01. The average molecular weight is 225 g/mol. The van der Waals surface area contributed by atoms with Crippen molar-refractivity contribution in [2.45, 2.75) is 19.4 Å². The van der Waals surface area contributed by atoms with E-state index >= 15 is 0 Å². The number of rotatable bonds is 6. The maximum absolute atomic E-state index is 8.92. The summed E-state index contributed by atoms with van der Waals surface area (Å²) in [6, 6.07) is 3.69. The third-order valence-electron chi connectivity index (χ3n) is 2.25. The summed E-state index contributed by atoms with van der Waals surface area (Å²) in [5.74, 6) is 0.649. The molecule has 5 heteroatoms. The van der Waals surface area contributed by atoms with Crippen molar-refractivity contribution in [3.8, 4) is 0 Å². The Labute approximate surface area is 95.6 Å². The summed E-state index contributed by atoms with van der Waals surface area (Å²) in [6.07, 6.45) is 0.600. The molecule has 1 heterocycles. The zero-order chi connectivity index (χ0) is 12.0. The lowest BCUT2D eigenvalue weighted by Crippen LogP contribution is -2.27. The van der Waals surface area contributed by atoms with E-state index < -0.39 is 0 Å². The Bertz CT molecular complexity index is 325. The fourth-order valence-electron chi connectivity index (χ4n) is 1.43. The predicted molar refractivity (Wildman–Crippen MR) is 64.4 cm³/mol. The van der Waals surface area contributed by atoms with Gasteiger partial charge >= 0.3 is 0 Å². The first-order chi connectivity index (χ1) is 7.67. The molecule has 1 aromatic rings. The number of hydrogen-bond acceptors (Lipinski definition) is 5. The molecule has 4 N–H and O–H groups in total. The molecular weight excluding hydrogens is 206 g/mol. The van der Waals surface area contributed by atoms with Gasteiger partial charge in [-0.15, -0.1) is 0 Å². The van der Waals surface area contributed by atoms with Crippen LogP contribution in [0, 0.1) is 6.92 Å². The molecule has 5 nitrogen and oxygen atoms in total. The van der Waals surface area contributed by atoms with E-state index in [9.17, 15) is 0 Å². The molecule has 0 spiro atoms. The summed E-state index contributed by atoms with van der Waals surface area (Å²) >= 11 is 0. The number of aryl methyl sites for hydroxylation is 1. The second-order valence-electron chi connectivity index (χ2n) is 3.70. The van der Waals surface area contributed by atoms with Gasteiger partial charge in [0.1, 0.15) is 5.82 Å². The minimum absolute atomic E-state index is 0.0200. The zero-order valence-electron chi connectivity index (χ0n) is 9.73. The highest BCUT2D eigenvalue weighted by atomic mass is 16.5. The van der Waals surface area contributed by atoms with Crippen molar-refractivity contribution in [1.29, 1.82) is 0 Å². The van der Waals surface area contributed by atoms with E-state index in [0.717, 1.165) is 5.69 Å². The molecule has 1 rings (SSSR count). The molecule has 0 saturated carbocycles. The molecule has 1 atom stereocenters. The Morgan fingerprint density at radius 1 is 1.56 bits per heavy atom. The minimum Gasteiger partial charge on any atom is -0.396 e. The van der Waals surface area contributed by atoms with E-state index in [0.29, 0.717) is 24.5 Å². The van der Waals surface area contributed by atoms with E-state index in [-0.39, 0.29) is 12.6 Å². The van der Waals surface area contributed by atoms with Gasteiger partial charge in [0.05, 0.1) is 18.3 Å². The van der Waals surface area contributed by atoms with E-state index in [2.05, 4.69) is 10.3 Å². The number of nitrogen functional groups attached to an aromatic ring is 1. The zero-order valence-corrected chi connectivity index (χ0v) is 9.73. The highest BCUT2D eigenvalue weighted by molar-refractivity contribution is 5.61. The lowest BCUT2D eigenvalue weighted by Gasteiger charge is -2.18. The normalized spacial score (nSPS) is 12.4. The number of nitrogens with zero attached hydrogens (tertiary/aromatic N) is 1. The highest BCUT2D eigenvalue weighted by Gasteiger charge is 2.10. The number of nitrogens with one attached hydrogen (secondary N) is 1. The summed E-state index contributed by atoms with van der Waals surface area (Å²) in [6.45, 7) is 2.52. The van der Waals surface area contributed by atoms with Crippen LogP contribution in [0.1, 0.15) is 12.1 Å². The standard InChI is InChI=1S/C11H19N3O2/c1-8-3-4-10(12)11(13-8)14-9(5-6-15)7-16-2/h3-4,9,15H,5-7,12H2,1-2H3,(H,13,14). The summed E-state index contributed by atoms with van der Waals surface area (Å²) in [7, 11) is 1.62. The molecule has 0 aliphatic heterocycles. The van der Waals surface area contributed by atoms with Crippen LogP contribution in [0.5, 0.6) is 0 Å². The van der Waals surface area contributed by atoms with E-state index in [1.807, 2.05) is 19.1 Å². The largest absolute Gasteiger partial charge is 0.396 e. The molecular formula is C11H19N3O2. The molecule has 90 valence electrons. The lowest BCUT2D eigenvalue weighted by atomic mass is 10.2. The first-order valence-corrected chi connectivity index (χ1v) is 5.26. The number of aliphatic hydroxyl groups excluding tert-OH is 1. The van der Waals surface area contributed by atoms with Gasteiger partial charge in [0, 0.05) is 19.4 Å². The van der Waals surface area contributed by atoms with Gasteiger partial charge in [-0.2, -0.15) is 0 Å². The second kappa shape index (κ2) is 6.30. The number of hydrogen-bond donors (Lipinski definition) is 3. The van der Waals surface area contributed by atoms with Crippen molar-refractivity contribution in [2.75, 3.05) is 31.4 Å². The van der Waals surface area contributed by atoms with Gasteiger partial charge in [0.25, 0.3) is 0 Å². The number of nitrogens with two attached hydrogens (primary N) is 1. The number of ether oxygens (including phenoxy) is 1. The SMILES string of the molecule is COCC(CCO)Nc1nc(C)ccc1N. The van der Waals surface area contributed by atoms with Crippen LogP contribution >= 0.6 is 0 Å². The maximum atomic E-state index is 8.92. The fourth-order valence-corrected chi connectivity index (χ4v) is 1.43. The lowest BCUT2D eigenvalue weighted by molar-refractivity contribution is 0.170. The van der Waals surface area contributed by atoms with E-state index in [4.69, 9.17) is 15.6 Å². The van der Waals surface area contributed by atoms with E-state index in [1.54, 1.807) is 7.11 Å². The Morgan fingerprint density at radius 2 is 2.31 bits per heavy atom. The van der Waals surface area contributed by atoms with Gasteiger partial charge in [-0.1, -0.05) is 0 Å². The van der Waals surface area contributed by atoms with Crippen molar-refractivity contribution in [2.24, 2.45) is 0 Å². The van der Waals surface area contributed by atoms with Crippen LogP contribution < -0.4 is 11.1 Å². The van der Waals surface area contributed by atoms with Crippen molar-refractivity contribution < 1.29 is 9.84 Å². The third-order valence-corrected chi connectivity index (χ3v) is 2.25. The number of aromatic nitrogens is 1. The maximum Gasteiger partial charge on any atom is 0.149 e. The third kappa shape index (κ3) is 3.67. The van der Waals surface area contributed by atoms with Gasteiger partial charge in [0.2, 0.25) is 0 Å². The summed E-state index contributed by atoms with van der Waals surface area (Å²) in [4.78, 5) is 4.30. The second-order valence-corrected chi connectivity index (χ2v) is 3.70. The van der Waals surface area contributed by atoms with E-state index in [1.165, 1.54) is 0 Å². The van der Waals surface area contributed by atoms with Crippen molar-refractivity contribution >= 4 is 11.5 Å². The van der Waals surface area contributed by atoms with Crippen LogP contribution in [0.2, 0.25) is 0 Å². The first kappa shape index (κ1) is 12.7. The van der Waals surface area contributed by atoms with Crippen LogP contribution in [0.15, 0.2) is 12.1 Å². The fraction of sp³-hybridized carbons (Fsp3) is 0.545. The molecule has 0 radical (unpaired) electrons. The summed E-state index contributed by atoms with van der Waals surface area (Å²) < 4.78 is 5.06. The summed E-state index contributed by atoms with van der Waals surface area (Å²) in [5, 5.41) is 12.1. The van der Waals surface area contributed by atoms with Gasteiger partial charge in [-0.3, -0.25) is 0 Å².